The molecule has 2 nitrogen and oxygen atoms in total. The molecule has 0 bridgehead atoms. The molecule has 1 atom stereocenters. The Morgan fingerprint density at radius 2 is 1.95 bits per heavy atom. The fourth-order valence-corrected chi connectivity index (χ4v) is 3.53. The van der Waals surface area contributed by atoms with Gasteiger partial charge < -0.3 is 4.98 Å². The number of hydrogen-bond donors (Lipinski definition) is 2. The predicted molar refractivity (Wildman–Crippen MR) is 75.1 cm³/mol. The van der Waals surface area contributed by atoms with E-state index in [1.54, 1.807) is 0 Å². The molecule has 1 saturated carbocycles. The van der Waals surface area contributed by atoms with E-state index in [0.29, 0.717) is 0 Å². The fraction of sp³-hybridized carbons (Fsp3) is 0.500. The summed E-state index contributed by atoms with van der Waals surface area (Å²) < 4.78 is 39.5. The number of aryl methyl sites for hydroxylation is 1. The van der Waals surface area contributed by atoms with Crippen molar-refractivity contribution < 1.29 is 13.2 Å². The van der Waals surface area contributed by atoms with Crippen LogP contribution in [0.2, 0.25) is 0 Å². The molecule has 2 aliphatic carbocycles. The van der Waals surface area contributed by atoms with E-state index in [1.165, 1.54) is 5.56 Å². The molecule has 0 spiro atoms. The molecule has 0 aliphatic heterocycles. The quantitative estimate of drug-likeness (QED) is 0.852. The van der Waals surface area contributed by atoms with Gasteiger partial charge in [0.15, 0.2) is 0 Å². The largest absolute Gasteiger partial charge is 0.406 e. The molecule has 2 aliphatic rings. The van der Waals surface area contributed by atoms with E-state index in [2.05, 4.69) is 10.3 Å². The minimum atomic E-state index is -4.16. The number of fused-ring (bicyclic) bond motifs is 3. The number of nitrogens with one attached hydrogen (secondary N) is 2. The Hall–Kier alpha value is -1.49. The summed E-state index contributed by atoms with van der Waals surface area (Å²) in [4.78, 5) is 3.34. The maximum Gasteiger partial charge on any atom is 0.406 e. The van der Waals surface area contributed by atoms with Gasteiger partial charge in [-0.05, 0) is 43.7 Å². The van der Waals surface area contributed by atoms with E-state index in [9.17, 15) is 13.2 Å². The van der Waals surface area contributed by atoms with Crippen molar-refractivity contribution in [2.24, 2.45) is 0 Å². The van der Waals surface area contributed by atoms with Crippen LogP contribution in [-0.4, -0.2) is 16.7 Å². The molecule has 0 amide bonds. The molecule has 0 saturated heterocycles. The lowest BCUT2D eigenvalue weighted by Gasteiger charge is -2.30. The van der Waals surface area contributed by atoms with Crippen LogP contribution in [0.25, 0.3) is 10.9 Å². The first-order valence-corrected chi connectivity index (χ1v) is 7.44. The van der Waals surface area contributed by atoms with E-state index in [4.69, 9.17) is 0 Å². The number of aromatic amines is 1. The lowest BCUT2D eigenvalue weighted by Crippen LogP contribution is -2.47. The Kier molecular flexibility index (Phi) is 2.67. The molecule has 1 aromatic heterocycles. The predicted octanol–water partition coefficient (Wildman–Crippen LogP) is 4.23. The highest BCUT2D eigenvalue weighted by Gasteiger charge is 2.64. The Balaban J connectivity index is 1.71. The first-order chi connectivity index (χ1) is 10.0. The molecule has 21 heavy (non-hydrogen) atoms. The lowest BCUT2D eigenvalue weighted by molar-refractivity contribution is -0.168. The molecule has 112 valence electrons. The summed E-state index contributed by atoms with van der Waals surface area (Å²) in [6, 6.07) is 7.74. The van der Waals surface area contributed by atoms with E-state index in [0.717, 1.165) is 35.9 Å². The normalized spacial score (nSPS) is 24.0. The number of para-hydroxylation sites is 1. The van der Waals surface area contributed by atoms with Crippen molar-refractivity contribution >= 4 is 10.9 Å². The molecular weight excluding hydrogens is 277 g/mol. The van der Waals surface area contributed by atoms with Gasteiger partial charge in [-0.2, -0.15) is 13.2 Å². The molecule has 1 unspecified atom stereocenters. The molecule has 2 N–H and O–H groups in total. The molecule has 4 rings (SSSR count). The van der Waals surface area contributed by atoms with E-state index in [-0.39, 0.29) is 18.9 Å². The van der Waals surface area contributed by atoms with Gasteiger partial charge >= 0.3 is 6.18 Å². The van der Waals surface area contributed by atoms with Gasteiger partial charge in [-0.15, -0.1) is 0 Å². The third-order valence-electron chi connectivity index (χ3n) is 4.86. The van der Waals surface area contributed by atoms with Crippen molar-refractivity contribution in [1.82, 2.24) is 10.3 Å². The van der Waals surface area contributed by atoms with Gasteiger partial charge in [-0.3, -0.25) is 5.32 Å². The molecule has 1 fully saturated rings. The van der Waals surface area contributed by atoms with Crippen LogP contribution >= 0.6 is 0 Å². The molecule has 1 heterocycles. The van der Waals surface area contributed by atoms with Crippen LogP contribution < -0.4 is 5.32 Å². The second kappa shape index (κ2) is 4.26. The maximum atomic E-state index is 13.2. The molecular formula is C16H17F3N2. The first kappa shape index (κ1) is 13.2. The van der Waals surface area contributed by atoms with Crippen molar-refractivity contribution in [2.45, 2.75) is 49.9 Å². The van der Waals surface area contributed by atoms with Gasteiger partial charge in [-0.1, -0.05) is 18.2 Å². The van der Waals surface area contributed by atoms with Crippen molar-refractivity contribution in [3.63, 3.8) is 0 Å². The SMILES string of the molecule is FC(F)(F)C1(NC2CCCc3c2[nH]c2ccccc32)CC1. The topological polar surface area (TPSA) is 27.8 Å². The Morgan fingerprint density at radius 1 is 1.19 bits per heavy atom. The standard InChI is InChI=1S/C16H17F3N2/c17-16(18,19)15(8-9-15)21-13-7-3-5-11-10-4-1-2-6-12(10)20-14(11)13/h1-2,4,6,13,20-21H,3,5,7-9H2. The summed E-state index contributed by atoms with van der Waals surface area (Å²) in [7, 11) is 0. The van der Waals surface area contributed by atoms with Gasteiger partial charge in [0.25, 0.3) is 0 Å². The lowest BCUT2D eigenvalue weighted by atomic mass is 9.91. The smallest absolute Gasteiger partial charge is 0.357 e. The van der Waals surface area contributed by atoms with Gasteiger partial charge in [0, 0.05) is 22.6 Å². The molecule has 2 aromatic rings. The first-order valence-electron chi connectivity index (χ1n) is 7.44. The van der Waals surface area contributed by atoms with Crippen LogP contribution in [0, 0.1) is 0 Å². The zero-order valence-electron chi connectivity index (χ0n) is 11.6. The van der Waals surface area contributed by atoms with Gasteiger partial charge in [0.1, 0.15) is 5.54 Å². The van der Waals surface area contributed by atoms with Crippen LogP contribution in [0.15, 0.2) is 24.3 Å². The van der Waals surface area contributed by atoms with Crippen LogP contribution in [-0.2, 0) is 6.42 Å². The number of aromatic nitrogens is 1. The highest BCUT2D eigenvalue weighted by atomic mass is 19.4. The number of H-pyrrole nitrogens is 1. The van der Waals surface area contributed by atoms with Gasteiger partial charge in [0.2, 0.25) is 0 Å². The summed E-state index contributed by atoms with van der Waals surface area (Å²) in [6.45, 7) is 0. The van der Waals surface area contributed by atoms with Crippen molar-refractivity contribution in [1.29, 1.82) is 0 Å². The third-order valence-corrected chi connectivity index (χ3v) is 4.86. The third kappa shape index (κ3) is 1.98. The minimum absolute atomic E-state index is 0.197. The average Bonchev–Trinajstić information content (AvgIpc) is 3.13. The summed E-state index contributed by atoms with van der Waals surface area (Å²) in [6.07, 6.45) is -1.13. The summed E-state index contributed by atoms with van der Waals surface area (Å²) in [5.41, 5.74) is 1.52. The Morgan fingerprint density at radius 3 is 2.67 bits per heavy atom. The number of halogens is 3. The second-order valence-electron chi connectivity index (χ2n) is 6.23. The average molecular weight is 294 g/mol. The number of alkyl halides is 3. The molecule has 5 heteroatoms. The highest BCUT2D eigenvalue weighted by molar-refractivity contribution is 5.85. The van der Waals surface area contributed by atoms with E-state index in [1.807, 2.05) is 24.3 Å². The van der Waals surface area contributed by atoms with E-state index < -0.39 is 11.7 Å². The molecule has 1 aromatic carbocycles. The summed E-state index contributed by atoms with van der Waals surface area (Å²) >= 11 is 0. The van der Waals surface area contributed by atoms with Crippen LogP contribution in [0.4, 0.5) is 13.2 Å². The number of benzene rings is 1. The van der Waals surface area contributed by atoms with Crippen molar-refractivity contribution in [3.8, 4) is 0 Å². The fourth-order valence-electron chi connectivity index (χ4n) is 3.53. The van der Waals surface area contributed by atoms with Crippen LogP contribution in [0.1, 0.15) is 43.0 Å². The summed E-state index contributed by atoms with van der Waals surface area (Å²) in [5.74, 6) is 0. The van der Waals surface area contributed by atoms with E-state index >= 15 is 0 Å². The molecule has 0 radical (unpaired) electrons. The number of hydrogen-bond acceptors (Lipinski definition) is 1. The second-order valence-corrected chi connectivity index (χ2v) is 6.23. The minimum Gasteiger partial charge on any atom is -0.357 e. The van der Waals surface area contributed by atoms with Gasteiger partial charge in [0.05, 0.1) is 0 Å². The Labute approximate surface area is 120 Å². The Bertz CT molecular complexity index is 682. The van der Waals surface area contributed by atoms with Crippen LogP contribution in [0.3, 0.4) is 0 Å². The highest BCUT2D eigenvalue weighted by Crippen LogP contribution is 2.51. The summed E-state index contributed by atoms with van der Waals surface area (Å²) in [5, 5.41) is 4.06. The zero-order valence-corrected chi connectivity index (χ0v) is 11.6. The monoisotopic (exact) mass is 294 g/mol. The number of rotatable bonds is 2. The maximum absolute atomic E-state index is 13.2. The van der Waals surface area contributed by atoms with Crippen LogP contribution in [0.5, 0.6) is 0 Å². The zero-order chi connectivity index (χ0) is 14.7. The van der Waals surface area contributed by atoms with Crippen molar-refractivity contribution in [3.05, 3.63) is 35.5 Å². The van der Waals surface area contributed by atoms with Crippen molar-refractivity contribution in [2.75, 3.05) is 0 Å². The van der Waals surface area contributed by atoms with Gasteiger partial charge in [-0.25, -0.2) is 0 Å².